The van der Waals surface area contributed by atoms with Crippen LogP contribution in [0.2, 0.25) is 0 Å². The first-order valence-electron chi connectivity index (χ1n) is 4.49. The lowest BCUT2D eigenvalue weighted by atomic mass is 10.0. The quantitative estimate of drug-likeness (QED) is 0.681. The van der Waals surface area contributed by atoms with E-state index in [9.17, 15) is 9.59 Å². The van der Waals surface area contributed by atoms with Crippen molar-refractivity contribution in [1.82, 2.24) is 5.16 Å². The number of aliphatic carboxylic acids is 1. The van der Waals surface area contributed by atoms with Gasteiger partial charge in [-0.1, -0.05) is 5.16 Å². The highest BCUT2D eigenvalue weighted by molar-refractivity contribution is 5.89. The van der Waals surface area contributed by atoms with Gasteiger partial charge in [0, 0.05) is 12.0 Å². The van der Waals surface area contributed by atoms with Crippen LogP contribution in [-0.4, -0.2) is 35.4 Å². The fraction of sp³-hybridized carbons (Fsp3) is 0.444. The predicted molar refractivity (Wildman–Crippen MR) is 51.9 cm³/mol. The molecule has 0 amide bonds. The Bertz CT molecular complexity index is 412. The number of hydrogen-bond acceptors (Lipinski definition) is 6. The molecule has 0 fully saturated rings. The van der Waals surface area contributed by atoms with Crippen LogP contribution in [0.1, 0.15) is 21.8 Å². The van der Waals surface area contributed by atoms with Gasteiger partial charge in [-0.3, -0.25) is 4.79 Å². The molecule has 0 aromatic carbocycles. The van der Waals surface area contributed by atoms with Crippen LogP contribution < -0.4 is 5.73 Å². The molecule has 0 radical (unpaired) electrons. The first-order chi connectivity index (χ1) is 7.47. The molecule has 0 bridgehead atoms. The molecule has 1 aromatic rings. The number of nitrogens with two attached hydrogens (primary N) is 1. The van der Waals surface area contributed by atoms with Gasteiger partial charge in [-0.25, -0.2) is 4.79 Å². The molecular formula is C9H12N2O5. The molecule has 16 heavy (non-hydrogen) atoms. The second-order valence-corrected chi connectivity index (χ2v) is 3.21. The van der Waals surface area contributed by atoms with Crippen molar-refractivity contribution in [3.63, 3.8) is 0 Å². The van der Waals surface area contributed by atoms with E-state index in [1.165, 1.54) is 7.11 Å². The second-order valence-electron chi connectivity index (χ2n) is 3.21. The van der Waals surface area contributed by atoms with Crippen LogP contribution in [0, 0.1) is 6.92 Å². The van der Waals surface area contributed by atoms with E-state index in [1.54, 1.807) is 6.92 Å². The van der Waals surface area contributed by atoms with E-state index >= 15 is 0 Å². The van der Waals surface area contributed by atoms with E-state index in [0.29, 0.717) is 11.3 Å². The molecule has 0 aliphatic rings. The number of carbonyl (C=O) groups excluding carboxylic acids is 1. The summed E-state index contributed by atoms with van der Waals surface area (Å²) < 4.78 is 9.28. The second kappa shape index (κ2) is 4.75. The van der Waals surface area contributed by atoms with Gasteiger partial charge >= 0.3 is 11.9 Å². The van der Waals surface area contributed by atoms with E-state index in [1.807, 2.05) is 0 Å². The summed E-state index contributed by atoms with van der Waals surface area (Å²) in [6.07, 6.45) is -0.0326. The van der Waals surface area contributed by atoms with Gasteiger partial charge in [0.05, 0.1) is 7.11 Å². The van der Waals surface area contributed by atoms with Gasteiger partial charge < -0.3 is 20.1 Å². The Morgan fingerprint density at radius 1 is 1.62 bits per heavy atom. The van der Waals surface area contributed by atoms with Crippen molar-refractivity contribution in [1.29, 1.82) is 0 Å². The number of carboxylic acids is 1. The van der Waals surface area contributed by atoms with E-state index in [4.69, 9.17) is 15.4 Å². The standard InChI is InChI=1S/C9H12N2O5/c1-4-5(3-6(10)8(12)13)7(11-16-4)9(14)15-2/h6H,3,10H2,1-2H3,(H,12,13). The fourth-order valence-corrected chi connectivity index (χ4v) is 1.20. The zero-order valence-corrected chi connectivity index (χ0v) is 8.89. The summed E-state index contributed by atoms with van der Waals surface area (Å²) in [5, 5.41) is 12.2. The van der Waals surface area contributed by atoms with Crippen molar-refractivity contribution in [2.75, 3.05) is 7.11 Å². The number of aromatic nitrogens is 1. The smallest absolute Gasteiger partial charge is 0.360 e. The molecule has 1 rings (SSSR count). The largest absolute Gasteiger partial charge is 0.480 e. The van der Waals surface area contributed by atoms with Crippen LogP contribution in [0.3, 0.4) is 0 Å². The van der Waals surface area contributed by atoms with Crippen LogP contribution >= 0.6 is 0 Å². The highest BCUT2D eigenvalue weighted by atomic mass is 16.5. The van der Waals surface area contributed by atoms with Crippen LogP contribution in [-0.2, 0) is 16.0 Å². The molecule has 88 valence electrons. The number of carboxylic acid groups (broad SMARTS) is 1. The zero-order valence-electron chi connectivity index (χ0n) is 8.89. The highest BCUT2D eigenvalue weighted by Gasteiger charge is 2.24. The summed E-state index contributed by atoms with van der Waals surface area (Å²) in [5.74, 6) is -1.47. The SMILES string of the molecule is COC(=O)c1noc(C)c1CC(N)C(=O)O. The predicted octanol–water partition coefficient (Wildman–Crippen LogP) is -0.276. The van der Waals surface area contributed by atoms with Crippen LogP contribution in [0.15, 0.2) is 4.52 Å². The maximum absolute atomic E-state index is 11.3. The number of esters is 1. The third kappa shape index (κ3) is 2.37. The lowest BCUT2D eigenvalue weighted by molar-refractivity contribution is -0.138. The lowest BCUT2D eigenvalue weighted by Gasteiger charge is -2.05. The molecule has 1 aromatic heterocycles. The third-order valence-corrected chi connectivity index (χ3v) is 2.10. The Morgan fingerprint density at radius 2 is 2.25 bits per heavy atom. The van der Waals surface area contributed by atoms with Crippen LogP contribution in [0.5, 0.6) is 0 Å². The molecule has 0 saturated carbocycles. The van der Waals surface area contributed by atoms with Gasteiger partial charge in [0.15, 0.2) is 5.69 Å². The lowest BCUT2D eigenvalue weighted by Crippen LogP contribution is -2.32. The van der Waals surface area contributed by atoms with Crippen LogP contribution in [0.25, 0.3) is 0 Å². The van der Waals surface area contributed by atoms with E-state index < -0.39 is 18.0 Å². The van der Waals surface area contributed by atoms with Crippen LogP contribution in [0.4, 0.5) is 0 Å². The highest BCUT2D eigenvalue weighted by Crippen LogP contribution is 2.16. The van der Waals surface area contributed by atoms with Gasteiger partial charge in [0.25, 0.3) is 0 Å². The van der Waals surface area contributed by atoms with Crippen molar-refractivity contribution in [3.05, 3.63) is 17.0 Å². The van der Waals surface area contributed by atoms with Gasteiger partial charge in [0.1, 0.15) is 11.8 Å². The zero-order chi connectivity index (χ0) is 12.3. The number of ether oxygens (including phenoxy) is 1. The van der Waals surface area contributed by atoms with Crippen molar-refractivity contribution >= 4 is 11.9 Å². The number of rotatable bonds is 4. The minimum absolute atomic E-state index is 0.0308. The molecule has 7 nitrogen and oxygen atoms in total. The Kier molecular flexibility index (Phi) is 3.62. The number of aryl methyl sites for hydroxylation is 1. The number of hydrogen-bond donors (Lipinski definition) is 2. The van der Waals surface area contributed by atoms with Crippen molar-refractivity contribution in [2.45, 2.75) is 19.4 Å². The average molecular weight is 228 g/mol. The van der Waals surface area contributed by atoms with E-state index in [0.717, 1.165) is 0 Å². The first kappa shape index (κ1) is 12.2. The summed E-state index contributed by atoms with van der Waals surface area (Å²) in [7, 11) is 1.20. The molecule has 3 N–H and O–H groups in total. The molecule has 0 saturated heterocycles. The Hall–Kier alpha value is -1.89. The van der Waals surface area contributed by atoms with Crippen molar-refractivity contribution in [3.8, 4) is 0 Å². The van der Waals surface area contributed by atoms with Gasteiger partial charge in [-0.15, -0.1) is 0 Å². The molecule has 1 heterocycles. The maximum Gasteiger partial charge on any atom is 0.360 e. The van der Waals surface area contributed by atoms with Gasteiger partial charge in [0.2, 0.25) is 0 Å². The maximum atomic E-state index is 11.3. The summed E-state index contributed by atoms with van der Waals surface area (Å²) in [5.41, 5.74) is 5.70. The Morgan fingerprint density at radius 3 is 2.75 bits per heavy atom. The molecule has 0 aliphatic heterocycles. The summed E-state index contributed by atoms with van der Waals surface area (Å²) in [6, 6.07) is -1.11. The van der Waals surface area contributed by atoms with E-state index in [2.05, 4.69) is 9.89 Å². The Labute approximate surface area is 91.2 Å². The Balaban J connectivity index is 2.98. The van der Waals surface area contributed by atoms with Gasteiger partial charge in [-0.05, 0) is 6.92 Å². The third-order valence-electron chi connectivity index (χ3n) is 2.10. The molecule has 0 spiro atoms. The molecule has 0 aliphatic carbocycles. The summed E-state index contributed by atoms with van der Waals surface area (Å²) in [6.45, 7) is 1.57. The minimum atomic E-state index is -1.16. The molecule has 7 heteroatoms. The number of nitrogens with zero attached hydrogens (tertiary/aromatic N) is 1. The summed E-state index contributed by atoms with van der Waals surface area (Å²) >= 11 is 0. The first-order valence-corrected chi connectivity index (χ1v) is 4.49. The fourth-order valence-electron chi connectivity index (χ4n) is 1.20. The number of carbonyl (C=O) groups is 2. The van der Waals surface area contributed by atoms with Crippen molar-refractivity contribution < 1.29 is 24.0 Å². The van der Waals surface area contributed by atoms with Crippen molar-refractivity contribution in [2.24, 2.45) is 5.73 Å². The molecule has 1 atom stereocenters. The van der Waals surface area contributed by atoms with Gasteiger partial charge in [-0.2, -0.15) is 0 Å². The average Bonchev–Trinajstić information content (AvgIpc) is 2.59. The monoisotopic (exact) mass is 228 g/mol. The topological polar surface area (TPSA) is 116 Å². The normalized spacial score (nSPS) is 12.2. The molecular weight excluding hydrogens is 216 g/mol. The summed E-state index contributed by atoms with van der Waals surface area (Å²) in [4.78, 5) is 21.9. The molecule has 1 unspecified atom stereocenters. The van der Waals surface area contributed by atoms with E-state index in [-0.39, 0.29) is 12.1 Å². The minimum Gasteiger partial charge on any atom is -0.480 e. The number of methoxy groups -OCH3 is 1.